The van der Waals surface area contributed by atoms with Crippen LogP contribution in [0.4, 0.5) is 8.78 Å². The zero-order valence-electron chi connectivity index (χ0n) is 8.46. The average molecular weight is 224 g/mol. The number of carbonyl (C=O) groups excluding carboxylic acids is 1. The van der Waals surface area contributed by atoms with Gasteiger partial charge < -0.3 is 9.84 Å². The highest BCUT2D eigenvalue weighted by Crippen LogP contribution is 2.23. The van der Waals surface area contributed by atoms with Crippen LogP contribution in [0.2, 0.25) is 0 Å². The lowest BCUT2D eigenvalue weighted by Crippen LogP contribution is -2.30. The minimum atomic E-state index is -3.51. The Balaban J connectivity index is 3.82. The molecular weight excluding hydrogens is 210 g/mol. The predicted molar refractivity (Wildman–Crippen MR) is 47.7 cm³/mol. The van der Waals surface area contributed by atoms with Crippen LogP contribution in [0.5, 0.6) is 0 Å². The van der Waals surface area contributed by atoms with Gasteiger partial charge in [-0.25, -0.2) is 4.79 Å². The molecule has 0 atom stereocenters. The van der Waals surface area contributed by atoms with Crippen LogP contribution >= 0.6 is 0 Å². The van der Waals surface area contributed by atoms with E-state index in [4.69, 9.17) is 5.11 Å². The largest absolute Gasteiger partial charge is 0.481 e. The van der Waals surface area contributed by atoms with E-state index < -0.39 is 24.3 Å². The minimum Gasteiger partial charge on any atom is -0.481 e. The lowest BCUT2D eigenvalue weighted by molar-refractivity contribution is -0.172. The summed E-state index contributed by atoms with van der Waals surface area (Å²) in [6.07, 6.45) is -0.722. The molecule has 0 spiro atoms. The van der Waals surface area contributed by atoms with Gasteiger partial charge in [-0.05, 0) is 19.8 Å². The third kappa shape index (κ3) is 5.98. The SMILES string of the molecule is CCOC(=O)C(F)(F)CCCCC(=O)O. The van der Waals surface area contributed by atoms with E-state index in [-0.39, 0.29) is 25.9 Å². The number of carboxylic acid groups (broad SMARTS) is 1. The summed E-state index contributed by atoms with van der Waals surface area (Å²) in [6.45, 7) is 1.35. The number of alkyl halides is 2. The van der Waals surface area contributed by atoms with Crippen LogP contribution in [0, 0.1) is 0 Å². The quantitative estimate of drug-likeness (QED) is 0.529. The number of aliphatic carboxylic acids is 1. The van der Waals surface area contributed by atoms with E-state index in [2.05, 4.69) is 4.74 Å². The van der Waals surface area contributed by atoms with Gasteiger partial charge in [0, 0.05) is 12.8 Å². The third-order valence-electron chi connectivity index (χ3n) is 1.71. The molecule has 0 fully saturated rings. The van der Waals surface area contributed by atoms with Crippen LogP contribution in [-0.2, 0) is 14.3 Å². The molecule has 0 saturated carbocycles. The fourth-order valence-corrected chi connectivity index (χ4v) is 0.962. The van der Waals surface area contributed by atoms with Crippen molar-refractivity contribution in [3.05, 3.63) is 0 Å². The molecule has 88 valence electrons. The van der Waals surface area contributed by atoms with Crippen LogP contribution < -0.4 is 0 Å². The summed E-state index contributed by atoms with van der Waals surface area (Å²) in [5.74, 6) is -6.08. The average Bonchev–Trinajstić information content (AvgIpc) is 2.12. The number of carboxylic acids is 1. The molecule has 0 aromatic carbocycles. The Morgan fingerprint density at radius 1 is 1.33 bits per heavy atom. The van der Waals surface area contributed by atoms with Crippen LogP contribution in [-0.4, -0.2) is 29.6 Å². The highest BCUT2D eigenvalue weighted by molar-refractivity contribution is 5.77. The molecule has 0 aromatic heterocycles. The summed E-state index contributed by atoms with van der Waals surface area (Å²) in [5.41, 5.74) is 0. The Hall–Kier alpha value is -1.20. The Morgan fingerprint density at radius 2 is 1.93 bits per heavy atom. The number of hydrogen-bond acceptors (Lipinski definition) is 3. The van der Waals surface area contributed by atoms with Gasteiger partial charge in [0.1, 0.15) is 0 Å². The molecule has 0 aliphatic heterocycles. The summed E-state index contributed by atoms with van der Waals surface area (Å²) < 4.78 is 30.0. The smallest absolute Gasteiger partial charge is 0.376 e. The van der Waals surface area contributed by atoms with Crippen molar-refractivity contribution >= 4 is 11.9 Å². The fourth-order valence-electron chi connectivity index (χ4n) is 0.962. The molecule has 1 N–H and O–H groups in total. The molecule has 0 rings (SSSR count). The molecule has 0 aromatic rings. The third-order valence-corrected chi connectivity index (χ3v) is 1.71. The molecule has 4 nitrogen and oxygen atoms in total. The van der Waals surface area contributed by atoms with Gasteiger partial charge in [0.2, 0.25) is 0 Å². The van der Waals surface area contributed by atoms with Crippen molar-refractivity contribution < 1.29 is 28.2 Å². The van der Waals surface area contributed by atoms with E-state index in [0.717, 1.165) is 0 Å². The molecule has 0 aliphatic carbocycles. The maximum absolute atomic E-state index is 12.9. The maximum atomic E-state index is 12.9. The highest BCUT2D eigenvalue weighted by Gasteiger charge is 2.39. The second-order valence-electron chi connectivity index (χ2n) is 3.03. The van der Waals surface area contributed by atoms with Crippen molar-refractivity contribution in [2.75, 3.05) is 6.61 Å². The number of hydrogen-bond donors (Lipinski definition) is 1. The maximum Gasteiger partial charge on any atom is 0.376 e. The van der Waals surface area contributed by atoms with Gasteiger partial charge in [0.05, 0.1) is 6.61 Å². The van der Waals surface area contributed by atoms with E-state index in [9.17, 15) is 18.4 Å². The minimum absolute atomic E-state index is 0.0158. The molecular formula is C9H14F2O4. The van der Waals surface area contributed by atoms with Crippen LogP contribution in [0.25, 0.3) is 0 Å². The van der Waals surface area contributed by atoms with Gasteiger partial charge in [0.25, 0.3) is 0 Å². The summed E-state index contributed by atoms with van der Waals surface area (Å²) in [6, 6.07) is 0. The first kappa shape index (κ1) is 13.8. The molecule has 0 unspecified atom stereocenters. The second kappa shape index (κ2) is 6.31. The standard InChI is InChI=1S/C9H14F2O4/c1-2-15-8(14)9(10,11)6-4-3-5-7(12)13/h2-6H2,1H3,(H,12,13). The Morgan fingerprint density at radius 3 is 2.40 bits per heavy atom. The number of carbonyl (C=O) groups is 2. The molecule has 0 radical (unpaired) electrons. The lowest BCUT2D eigenvalue weighted by atomic mass is 10.1. The van der Waals surface area contributed by atoms with E-state index in [0.29, 0.717) is 0 Å². The van der Waals surface area contributed by atoms with E-state index in [1.807, 2.05) is 0 Å². The molecule has 0 saturated heterocycles. The number of unbranched alkanes of at least 4 members (excludes halogenated alkanes) is 1. The van der Waals surface area contributed by atoms with Crippen molar-refractivity contribution in [2.45, 2.75) is 38.5 Å². The summed E-state index contributed by atoms with van der Waals surface area (Å²) >= 11 is 0. The first-order valence-corrected chi connectivity index (χ1v) is 4.67. The van der Waals surface area contributed by atoms with E-state index in [1.165, 1.54) is 6.92 Å². The monoisotopic (exact) mass is 224 g/mol. The van der Waals surface area contributed by atoms with Gasteiger partial charge in [-0.2, -0.15) is 8.78 Å². The highest BCUT2D eigenvalue weighted by atomic mass is 19.3. The number of rotatable bonds is 7. The van der Waals surface area contributed by atoms with E-state index >= 15 is 0 Å². The molecule has 0 amide bonds. The van der Waals surface area contributed by atoms with Gasteiger partial charge in [0.15, 0.2) is 0 Å². The Bertz CT molecular complexity index is 228. The zero-order valence-corrected chi connectivity index (χ0v) is 8.46. The second-order valence-corrected chi connectivity index (χ2v) is 3.03. The van der Waals surface area contributed by atoms with Crippen molar-refractivity contribution in [3.8, 4) is 0 Å². The van der Waals surface area contributed by atoms with Crippen LogP contribution in [0.15, 0.2) is 0 Å². The van der Waals surface area contributed by atoms with Crippen molar-refractivity contribution in [2.24, 2.45) is 0 Å². The van der Waals surface area contributed by atoms with Crippen molar-refractivity contribution in [1.29, 1.82) is 0 Å². The van der Waals surface area contributed by atoms with Gasteiger partial charge in [-0.15, -0.1) is 0 Å². The van der Waals surface area contributed by atoms with Crippen molar-refractivity contribution in [1.82, 2.24) is 0 Å². The van der Waals surface area contributed by atoms with Crippen molar-refractivity contribution in [3.63, 3.8) is 0 Å². The first-order chi connectivity index (χ1) is 6.90. The lowest BCUT2D eigenvalue weighted by Gasteiger charge is -2.13. The predicted octanol–water partition coefficient (Wildman–Crippen LogP) is 1.83. The number of ether oxygens (including phenoxy) is 1. The van der Waals surface area contributed by atoms with Gasteiger partial charge in [-0.3, -0.25) is 4.79 Å². The molecule has 0 bridgehead atoms. The fraction of sp³-hybridized carbons (Fsp3) is 0.778. The summed E-state index contributed by atoms with van der Waals surface area (Å²) in [7, 11) is 0. The molecule has 6 heteroatoms. The normalized spacial score (nSPS) is 11.1. The van der Waals surface area contributed by atoms with Crippen LogP contribution in [0.3, 0.4) is 0 Å². The number of halogens is 2. The Labute approximate surface area is 86.2 Å². The molecule has 0 aliphatic rings. The number of esters is 1. The topological polar surface area (TPSA) is 63.6 Å². The van der Waals surface area contributed by atoms with E-state index in [1.54, 1.807) is 0 Å². The van der Waals surface area contributed by atoms with Gasteiger partial charge >= 0.3 is 17.9 Å². The zero-order chi connectivity index (χ0) is 11.9. The first-order valence-electron chi connectivity index (χ1n) is 4.67. The molecule has 0 heterocycles. The van der Waals surface area contributed by atoms with Crippen LogP contribution in [0.1, 0.15) is 32.6 Å². The van der Waals surface area contributed by atoms with Gasteiger partial charge in [-0.1, -0.05) is 0 Å². The summed E-state index contributed by atoms with van der Waals surface area (Å²) in [5, 5.41) is 8.26. The molecule has 15 heavy (non-hydrogen) atoms. The Kier molecular flexibility index (Phi) is 5.81. The summed E-state index contributed by atoms with van der Waals surface area (Å²) in [4.78, 5) is 20.8.